The van der Waals surface area contributed by atoms with Crippen molar-refractivity contribution < 1.29 is 0 Å². The predicted molar refractivity (Wildman–Crippen MR) is 83.7 cm³/mol. The smallest absolute Gasteiger partial charge is 0.0366 e. The van der Waals surface area contributed by atoms with E-state index in [1.165, 1.54) is 43.4 Å². The summed E-state index contributed by atoms with van der Waals surface area (Å²) >= 11 is 0. The van der Waals surface area contributed by atoms with Crippen molar-refractivity contribution in [3.8, 4) is 0 Å². The lowest BCUT2D eigenvalue weighted by Crippen LogP contribution is -2.44. The lowest BCUT2D eigenvalue weighted by molar-refractivity contribution is 0.280. The molecule has 2 rings (SSSR count). The highest BCUT2D eigenvalue weighted by Crippen LogP contribution is 2.29. The van der Waals surface area contributed by atoms with Gasteiger partial charge in [0.25, 0.3) is 0 Å². The number of nitrogens with zero attached hydrogens (tertiary/aromatic N) is 1. The molecule has 1 aliphatic carbocycles. The van der Waals surface area contributed by atoms with Crippen LogP contribution in [0.5, 0.6) is 0 Å². The Kier molecular flexibility index (Phi) is 4.87. The molecule has 0 unspecified atom stereocenters. The van der Waals surface area contributed by atoms with Crippen molar-refractivity contribution >= 4 is 5.69 Å². The summed E-state index contributed by atoms with van der Waals surface area (Å²) in [5.41, 5.74) is 9.28. The van der Waals surface area contributed by atoms with Crippen LogP contribution >= 0.6 is 0 Å². The minimum Gasteiger partial charge on any atom is -0.372 e. The maximum atomic E-state index is 6.54. The summed E-state index contributed by atoms with van der Waals surface area (Å²) in [6.07, 6.45) is 7.53. The van der Waals surface area contributed by atoms with E-state index in [4.69, 9.17) is 5.73 Å². The number of hydrogen-bond acceptors (Lipinski definition) is 2. The summed E-state index contributed by atoms with van der Waals surface area (Å²) < 4.78 is 0. The average Bonchev–Trinajstić information content (AvgIpc) is 2.42. The summed E-state index contributed by atoms with van der Waals surface area (Å²) in [5, 5.41) is 0. The molecule has 2 heteroatoms. The van der Waals surface area contributed by atoms with Crippen molar-refractivity contribution in [3.63, 3.8) is 0 Å². The number of aryl methyl sites for hydroxylation is 1. The molecule has 0 heterocycles. The number of rotatable bonds is 5. The van der Waals surface area contributed by atoms with Crippen molar-refractivity contribution in [2.24, 2.45) is 5.73 Å². The van der Waals surface area contributed by atoms with Crippen molar-refractivity contribution in [2.45, 2.75) is 57.9 Å². The van der Waals surface area contributed by atoms with Gasteiger partial charge in [0, 0.05) is 24.3 Å². The summed E-state index contributed by atoms with van der Waals surface area (Å²) in [4.78, 5) is 2.45. The van der Waals surface area contributed by atoms with Gasteiger partial charge in [-0.05, 0) is 45.2 Å². The summed E-state index contributed by atoms with van der Waals surface area (Å²) in [7, 11) is 0. The predicted octanol–water partition coefficient (Wildman–Crippen LogP) is 3.87. The van der Waals surface area contributed by atoms with Crippen LogP contribution in [0.1, 0.15) is 51.0 Å². The van der Waals surface area contributed by atoms with Crippen molar-refractivity contribution in [1.29, 1.82) is 0 Å². The van der Waals surface area contributed by atoms with Crippen LogP contribution in [0.25, 0.3) is 0 Å². The van der Waals surface area contributed by atoms with Gasteiger partial charge < -0.3 is 10.6 Å². The van der Waals surface area contributed by atoms with Crippen molar-refractivity contribution in [1.82, 2.24) is 0 Å². The van der Waals surface area contributed by atoms with Crippen LogP contribution in [-0.2, 0) is 0 Å². The van der Waals surface area contributed by atoms with E-state index in [-0.39, 0.29) is 5.54 Å². The first kappa shape index (κ1) is 14.4. The Morgan fingerprint density at radius 3 is 2.32 bits per heavy atom. The fourth-order valence-corrected chi connectivity index (χ4v) is 3.09. The van der Waals surface area contributed by atoms with Gasteiger partial charge in [-0.25, -0.2) is 0 Å². The highest BCUT2D eigenvalue weighted by Gasteiger charge is 2.27. The Labute approximate surface area is 118 Å². The lowest BCUT2D eigenvalue weighted by Gasteiger charge is -2.36. The van der Waals surface area contributed by atoms with Crippen LogP contribution in [-0.4, -0.2) is 18.6 Å². The van der Waals surface area contributed by atoms with Crippen LogP contribution < -0.4 is 10.6 Å². The molecule has 0 saturated heterocycles. The Bertz CT molecular complexity index is 377. The zero-order valence-electron chi connectivity index (χ0n) is 12.5. The lowest BCUT2D eigenvalue weighted by atomic mass is 9.80. The molecule has 0 bridgehead atoms. The molecule has 1 fully saturated rings. The summed E-state index contributed by atoms with van der Waals surface area (Å²) in [6.45, 7) is 6.50. The molecule has 0 atom stereocenters. The summed E-state index contributed by atoms with van der Waals surface area (Å²) in [6, 6.07) is 8.83. The topological polar surface area (TPSA) is 29.3 Å². The Hall–Kier alpha value is -1.02. The first-order chi connectivity index (χ1) is 9.13. The van der Waals surface area contributed by atoms with Crippen LogP contribution in [0.4, 0.5) is 5.69 Å². The molecule has 0 aromatic heterocycles. The summed E-state index contributed by atoms with van der Waals surface area (Å²) in [5.74, 6) is 0. The van der Waals surface area contributed by atoms with E-state index in [2.05, 4.69) is 43.0 Å². The SMILES string of the molecule is CCN(CCC1(N)CCCCC1)c1ccc(C)cc1. The number of benzene rings is 1. The fraction of sp³-hybridized carbons (Fsp3) is 0.647. The second-order valence-corrected chi connectivity index (χ2v) is 6.09. The average molecular weight is 260 g/mol. The number of hydrogen-bond donors (Lipinski definition) is 1. The molecular formula is C17H28N2. The van der Waals surface area contributed by atoms with Crippen LogP contribution in [0.2, 0.25) is 0 Å². The third-order valence-corrected chi connectivity index (χ3v) is 4.51. The zero-order chi connectivity index (χ0) is 13.7. The van der Waals surface area contributed by atoms with Gasteiger partial charge in [0.2, 0.25) is 0 Å². The molecule has 2 N–H and O–H groups in total. The minimum atomic E-state index is 0.0936. The van der Waals surface area contributed by atoms with Crippen molar-refractivity contribution in [3.05, 3.63) is 29.8 Å². The first-order valence-corrected chi connectivity index (χ1v) is 7.73. The van der Waals surface area contributed by atoms with E-state index < -0.39 is 0 Å². The maximum absolute atomic E-state index is 6.54. The van der Waals surface area contributed by atoms with E-state index in [9.17, 15) is 0 Å². The quantitative estimate of drug-likeness (QED) is 0.870. The Balaban J connectivity index is 1.93. The molecule has 1 aliphatic rings. The van der Waals surface area contributed by atoms with E-state index in [0.717, 1.165) is 19.5 Å². The fourth-order valence-electron chi connectivity index (χ4n) is 3.09. The van der Waals surface area contributed by atoms with E-state index in [1.54, 1.807) is 0 Å². The van der Waals surface area contributed by atoms with E-state index >= 15 is 0 Å². The standard InChI is InChI=1S/C17H28N2/c1-3-19(16-9-7-15(2)8-10-16)14-13-17(18)11-5-4-6-12-17/h7-10H,3-6,11-14,18H2,1-2H3. The monoisotopic (exact) mass is 260 g/mol. The molecule has 0 radical (unpaired) electrons. The number of anilines is 1. The molecule has 1 saturated carbocycles. The molecule has 2 nitrogen and oxygen atoms in total. The van der Waals surface area contributed by atoms with Gasteiger partial charge in [0.05, 0.1) is 0 Å². The number of nitrogens with two attached hydrogens (primary N) is 1. The molecule has 1 aromatic rings. The van der Waals surface area contributed by atoms with Gasteiger partial charge >= 0.3 is 0 Å². The largest absolute Gasteiger partial charge is 0.372 e. The third kappa shape index (κ3) is 3.97. The van der Waals surface area contributed by atoms with Gasteiger partial charge in [-0.2, -0.15) is 0 Å². The van der Waals surface area contributed by atoms with Gasteiger partial charge in [-0.3, -0.25) is 0 Å². The van der Waals surface area contributed by atoms with E-state index in [0.29, 0.717) is 0 Å². The molecule has 0 aliphatic heterocycles. The molecule has 106 valence electrons. The van der Waals surface area contributed by atoms with Gasteiger partial charge in [0.1, 0.15) is 0 Å². The molecular weight excluding hydrogens is 232 g/mol. The molecule has 19 heavy (non-hydrogen) atoms. The Morgan fingerprint density at radius 1 is 1.11 bits per heavy atom. The maximum Gasteiger partial charge on any atom is 0.0366 e. The molecule has 1 aromatic carbocycles. The second-order valence-electron chi connectivity index (χ2n) is 6.09. The Morgan fingerprint density at radius 2 is 1.74 bits per heavy atom. The van der Waals surface area contributed by atoms with Gasteiger partial charge in [-0.15, -0.1) is 0 Å². The normalized spacial score (nSPS) is 18.3. The van der Waals surface area contributed by atoms with Gasteiger partial charge in [-0.1, -0.05) is 37.0 Å². The van der Waals surface area contributed by atoms with E-state index in [1.807, 2.05) is 0 Å². The minimum absolute atomic E-state index is 0.0936. The third-order valence-electron chi connectivity index (χ3n) is 4.51. The zero-order valence-corrected chi connectivity index (χ0v) is 12.5. The van der Waals surface area contributed by atoms with Crippen LogP contribution in [0, 0.1) is 6.92 Å². The molecule has 0 amide bonds. The second kappa shape index (κ2) is 6.42. The highest BCUT2D eigenvalue weighted by molar-refractivity contribution is 5.47. The van der Waals surface area contributed by atoms with Crippen LogP contribution in [0.3, 0.4) is 0 Å². The van der Waals surface area contributed by atoms with Crippen molar-refractivity contribution in [2.75, 3.05) is 18.0 Å². The first-order valence-electron chi connectivity index (χ1n) is 7.73. The molecule has 0 spiro atoms. The van der Waals surface area contributed by atoms with Gasteiger partial charge in [0.15, 0.2) is 0 Å². The van der Waals surface area contributed by atoms with Crippen LogP contribution in [0.15, 0.2) is 24.3 Å². The highest BCUT2D eigenvalue weighted by atomic mass is 15.1.